The van der Waals surface area contributed by atoms with Crippen LogP contribution in [-0.4, -0.2) is 45.7 Å². The molecule has 9 nitrogen and oxygen atoms in total. The summed E-state index contributed by atoms with van der Waals surface area (Å²) in [5.74, 6) is -5.64. The molecule has 2 rings (SSSR count). The number of ether oxygens (including phenoxy) is 3. The summed E-state index contributed by atoms with van der Waals surface area (Å²) in [6.45, 7) is 5.73. The Bertz CT molecular complexity index is 827. The average Bonchev–Trinajstić information content (AvgIpc) is 2.87. The number of aromatic nitrogens is 2. The summed E-state index contributed by atoms with van der Waals surface area (Å²) in [6, 6.07) is 1.14. The van der Waals surface area contributed by atoms with E-state index in [1.54, 1.807) is 0 Å². The Morgan fingerprint density at radius 1 is 1.39 bits per heavy atom. The highest BCUT2D eigenvalue weighted by Crippen LogP contribution is 2.50. The zero-order chi connectivity index (χ0) is 21.1. The highest BCUT2D eigenvalue weighted by atomic mass is 19.3. The lowest BCUT2D eigenvalue weighted by atomic mass is 9.95. The van der Waals surface area contributed by atoms with Crippen molar-refractivity contribution in [2.75, 3.05) is 12.3 Å². The number of rotatable bonds is 7. The molecule has 0 radical (unpaired) electrons. The maximum atomic E-state index is 15.2. The smallest absolute Gasteiger partial charge is 0.351 e. The second-order valence-corrected chi connectivity index (χ2v) is 6.08. The molecule has 0 amide bonds. The molecule has 154 valence electrons. The molecular weight excluding hydrogens is 380 g/mol. The first-order valence-corrected chi connectivity index (χ1v) is 8.50. The fourth-order valence-corrected chi connectivity index (χ4v) is 2.66. The molecule has 1 fully saturated rings. The average molecular weight is 401 g/mol. The largest absolute Gasteiger partial charge is 0.462 e. The Hall–Kier alpha value is -2.82. The number of hydrogen-bond donors (Lipinski definition) is 1. The van der Waals surface area contributed by atoms with Gasteiger partial charge in [-0.05, 0) is 6.07 Å². The first kappa shape index (κ1) is 21.5. The van der Waals surface area contributed by atoms with Gasteiger partial charge in [0, 0.05) is 19.0 Å². The molecule has 1 aliphatic rings. The van der Waals surface area contributed by atoms with Gasteiger partial charge in [0.15, 0.2) is 5.60 Å². The summed E-state index contributed by atoms with van der Waals surface area (Å²) in [5.41, 5.74) is 2.22. The van der Waals surface area contributed by atoms with Gasteiger partial charge >= 0.3 is 23.6 Å². The van der Waals surface area contributed by atoms with Crippen LogP contribution in [0.3, 0.4) is 0 Å². The van der Waals surface area contributed by atoms with Crippen molar-refractivity contribution >= 4 is 17.8 Å². The Labute approximate surface area is 159 Å². The highest BCUT2D eigenvalue weighted by molar-refractivity contribution is 5.70. The number of nitrogens with two attached hydrogens (primary N) is 1. The van der Waals surface area contributed by atoms with Gasteiger partial charge < -0.3 is 19.9 Å². The lowest BCUT2D eigenvalue weighted by molar-refractivity contribution is -0.179. The monoisotopic (exact) mass is 401 g/mol. The van der Waals surface area contributed by atoms with Gasteiger partial charge in [0.25, 0.3) is 0 Å². The molecule has 0 aliphatic carbocycles. The topological polar surface area (TPSA) is 123 Å². The van der Waals surface area contributed by atoms with Gasteiger partial charge in [0.1, 0.15) is 12.4 Å². The summed E-state index contributed by atoms with van der Waals surface area (Å²) < 4.78 is 46.3. The van der Waals surface area contributed by atoms with E-state index in [4.69, 9.17) is 19.9 Å². The van der Waals surface area contributed by atoms with E-state index in [1.165, 1.54) is 13.8 Å². The zero-order valence-corrected chi connectivity index (χ0v) is 15.4. The van der Waals surface area contributed by atoms with E-state index in [0.29, 0.717) is 4.57 Å². The minimum atomic E-state index is -3.88. The first-order chi connectivity index (χ1) is 13.1. The zero-order valence-electron chi connectivity index (χ0n) is 15.4. The van der Waals surface area contributed by atoms with Crippen molar-refractivity contribution in [3.05, 3.63) is 35.4 Å². The number of nitrogen functional groups attached to an aromatic ring is 1. The second-order valence-electron chi connectivity index (χ2n) is 6.08. The molecule has 1 aliphatic heterocycles. The SMILES string of the molecule is C=C[C@]1(COC(=O)CC)O[C@@H](n2ccc(N)nc2=O)C(F)(F)[C@@H]1OC(=O)CC. The highest BCUT2D eigenvalue weighted by Gasteiger charge is 2.69. The molecule has 2 heterocycles. The van der Waals surface area contributed by atoms with Gasteiger partial charge in [0.05, 0.1) is 0 Å². The summed E-state index contributed by atoms with van der Waals surface area (Å²) in [5, 5.41) is 0. The molecule has 0 spiro atoms. The summed E-state index contributed by atoms with van der Waals surface area (Å²) >= 11 is 0. The van der Waals surface area contributed by atoms with E-state index in [2.05, 4.69) is 11.6 Å². The summed E-state index contributed by atoms with van der Waals surface area (Å²) in [7, 11) is 0. The summed E-state index contributed by atoms with van der Waals surface area (Å²) in [6.07, 6.45) is -2.62. The molecule has 0 bridgehead atoms. The van der Waals surface area contributed by atoms with E-state index < -0.39 is 48.1 Å². The Morgan fingerprint density at radius 3 is 2.57 bits per heavy atom. The second kappa shape index (κ2) is 8.05. The normalized spacial score (nSPS) is 25.9. The minimum Gasteiger partial charge on any atom is -0.462 e. The van der Waals surface area contributed by atoms with Crippen LogP contribution >= 0.6 is 0 Å². The van der Waals surface area contributed by atoms with E-state index in [1.807, 2.05) is 0 Å². The first-order valence-electron chi connectivity index (χ1n) is 8.50. The van der Waals surface area contributed by atoms with E-state index >= 15 is 8.78 Å². The van der Waals surface area contributed by atoms with Gasteiger partial charge in [0.2, 0.25) is 12.3 Å². The van der Waals surface area contributed by atoms with Crippen LogP contribution in [0.15, 0.2) is 29.7 Å². The quantitative estimate of drug-likeness (QED) is 0.534. The van der Waals surface area contributed by atoms with Crippen LogP contribution in [-0.2, 0) is 23.8 Å². The Morgan fingerprint density at radius 2 is 2.04 bits per heavy atom. The fraction of sp³-hybridized carbons (Fsp3) is 0.529. The molecule has 0 aromatic carbocycles. The third-order valence-electron chi connectivity index (χ3n) is 4.19. The molecule has 2 N–H and O–H groups in total. The van der Waals surface area contributed by atoms with Crippen molar-refractivity contribution in [3.8, 4) is 0 Å². The van der Waals surface area contributed by atoms with Crippen molar-refractivity contribution in [1.82, 2.24) is 9.55 Å². The number of carbonyl (C=O) groups is 2. The van der Waals surface area contributed by atoms with E-state index in [0.717, 1.165) is 18.3 Å². The van der Waals surface area contributed by atoms with Crippen LogP contribution in [0.2, 0.25) is 0 Å². The lowest BCUT2D eigenvalue weighted by Crippen LogP contribution is -2.51. The molecule has 1 saturated heterocycles. The molecule has 1 aromatic heterocycles. The standard InChI is InChI=1S/C17H21F2N3O6/c1-4-11(23)26-9-16(6-3)13(27-12(24)5-2)17(18,19)14(28-16)22-8-7-10(20)21-15(22)25/h6-8,13-14H,3-5,9H2,1-2H3,(H2,20,21,25)/t13-,14-,16-/m1/s1. The van der Waals surface area contributed by atoms with Gasteiger partial charge in [-0.25, -0.2) is 4.79 Å². The Kier molecular flexibility index (Phi) is 6.17. The van der Waals surface area contributed by atoms with Crippen molar-refractivity contribution in [2.45, 2.75) is 50.5 Å². The minimum absolute atomic E-state index is 0.00615. The lowest BCUT2D eigenvalue weighted by Gasteiger charge is -2.30. The van der Waals surface area contributed by atoms with Gasteiger partial charge in [-0.3, -0.25) is 14.2 Å². The fourth-order valence-electron chi connectivity index (χ4n) is 2.66. The predicted molar refractivity (Wildman–Crippen MR) is 92.3 cm³/mol. The van der Waals surface area contributed by atoms with Crippen LogP contribution in [0, 0.1) is 0 Å². The number of nitrogens with zero attached hydrogens (tertiary/aromatic N) is 2. The van der Waals surface area contributed by atoms with Gasteiger partial charge in [-0.15, -0.1) is 0 Å². The van der Waals surface area contributed by atoms with Crippen LogP contribution in [0.5, 0.6) is 0 Å². The van der Waals surface area contributed by atoms with Crippen molar-refractivity contribution in [1.29, 1.82) is 0 Å². The number of esters is 2. The number of carbonyl (C=O) groups excluding carboxylic acids is 2. The third kappa shape index (κ3) is 3.88. The van der Waals surface area contributed by atoms with E-state index in [-0.39, 0.29) is 18.7 Å². The molecule has 11 heteroatoms. The number of alkyl halides is 2. The van der Waals surface area contributed by atoms with Gasteiger partial charge in [-0.1, -0.05) is 26.5 Å². The van der Waals surface area contributed by atoms with Crippen molar-refractivity contribution in [2.24, 2.45) is 0 Å². The summed E-state index contributed by atoms with van der Waals surface area (Å²) in [4.78, 5) is 38.7. The molecule has 0 unspecified atom stereocenters. The molecule has 28 heavy (non-hydrogen) atoms. The number of hydrogen-bond acceptors (Lipinski definition) is 8. The van der Waals surface area contributed by atoms with E-state index in [9.17, 15) is 14.4 Å². The van der Waals surface area contributed by atoms with Crippen LogP contribution in [0.25, 0.3) is 0 Å². The van der Waals surface area contributed by atoms with Crippen LogP contribution < -0.4 is 11.4 Å². The van der Waals surface area contributed by atoms with Crippen LogP contribution in [0.4, 0.5) is 14.6 Å². The maximum absolute atomic E-state index is 15.2. The molecular formula is C17H21F2N3O6. The maximum Gasteiger partial charge on any atom is 0.351 e. The van der Waals surface area contributed by atoms with Crippen molar-refractivity contribution < 1.29 is 32.6 Å². The molecule has 3 atom stereocenters. The Balaban J connectivity index is 2.52. The van der Waals surface area contributed by atoms with Gasteiger partial charge in [-0.2, -0.15) is 13.8 Å². The number of halogens is 2. The molecule has 0 saturated carbocycles. The molecule has 1 aromatic rings. The van der Waals surface area contributed by atoms with Crippen molar-refractivity contribution in [3.63, 3.8) is 0 Å². The third-order valence-corrected chi connectivity index (χ3v) is 4.19. The number of anilines is 1. The predicted octanol–water partition coefficient (Wildman–Crippen LogP) is 1.19. The van der Waals surface area contributed by atoms with Crippen LogP contribution in [0.1, 0.15) is 32.9 Å².